The van der Waals surface area contributed by atoms with Gasteiger partial charge in [-0.15, -0.1) is 28.5 Å². The minimum absolute atomic E-state index is 0.00152. The van der Waals surface area contributed by atoms with Crippen molar-refractivity contribution in [1.82, 2.24) is 14.8 Å². The molecule has 0 radical (unpaired) electrons. The first kappa shape index (κ1) is 26.1. The Hall–Kier alpha value is -2.50. The summed E-state index contributed by atoms with van der Waals surface area (Å²) in [6.07, 6.45) is -2.88. The van der Waals surface area contributed by atoms with E-state index in [-0.39, 0.29) is 22.3 Å². The Morgan fingerprint density at radius 1 is 1.15 bits per heavy atom. The van der Waals surface area contributed by atoms with Crippen LogP contribution in [0.2, 0.25) is 5.02 Å². The van der Waals surface area contributed by atoms with E-state index in [9.17, 15) is 22.4 Å². The molecule has 5 nitrogen and oxygen atoms in total. The van der Waals surface area contributed by atoms with E-state index in [1.165, 1.54) is 12.1 Å². The van der Waals surface area contributed by atoms with Gasteiger partial charge in [-0.2, -0.15) is 13.2 Å². The lowest BCUT2D eigenvalue weighted by molar-refractivity contribution is -0.137. The third-order valence-corrected chi connectivity index (χ3v) is 6.71. The molecule has 0 aliphatic heterocycles. The number of thioether (sulfide) groups is 2. The minimum Gasteiger partial charge on any atom is -0.324 e. The van der Waals surface area contributed by atoms with E-state index in [0.29, 0.717) is 29.0 Å². The van der Waals surface area contributed by atoms with Gasteiger partial charge in [-0.3, -0.25) is 4.79 Å². The maximum absolute atomic E-state index is 13.0. The molecule has 3 aromatic rings. The number of carbonyl (C=O) groups excluding carboxylic acids is 1. The lowest BCUT2D eigenvalue weighted by Gasteiger charge is -2.12. The first-order valence-electron chi connectivity index (χ1n) is 9.82. The average molecular weight is 531 g/mol. The molecule has 34 heavy (non-hydrogen) atoms. The molecule has 0 aliphatic carbocycles. The summed E-state index contributed by atoms with van der Waals surface area (Å²) in [5.41, 5.74) is -0.0541. The molecular formula is C22H19ClF4N4OS2. The summed E-state index contributed by atoms with van der Waals surface area (Å²) >= 11 is 8.60. The molecule has 1 amide bonds. The Labute approximate surface area is 207 Å². The molecule has 12 heteroatoms. The van der Waals surface area contributed by atoms with Crippen LogP contribution in [-0.2, 0) is 29.0 Å². The highest BCUT2D eigenvalue weighted by atomic mass is 35.5. The van der Waals surface area contributed by atoms with Gasteiger partial charge in [0.2, 0.25) is 5.91 Å². The Balaban J connectivity index is 1.60. The molecule has 0 unspecified atom stereocenters. The molecule has 2 aromatic carbocycles. The number of aromatic nitrogens is 3. The number of amides is 1. The SMILES string of the molecule is C=CCn1c(CSCc2ccc(F)cc2)nnc1SCC(=O)Nc1cc(C(F)(F)F)ccc1Cl. The first-order chi connectivity index (χ1) is 16.2. The number of hydrogen-bond acceptors (Lipinski definition) is 5. The Bertz CT molecular complexity index is 1150. The molecule has 0 fully saturated rings. The maximum Gasteiger partial charge on any atom is 0.416 e. The normalized spacial score (nSPS) is 11.4. The second-order valence-electron chi connectivity index (χ2n) is 6.95. The van der Waals surface area contributed by atoms with E-state index >= 15 is 0 Å². The molecule has 0 saturated heterocycles. The van der Waals surface area contributed by atoms with Gasteiger partial charge in [0.15, 0.2) is 5.16 Å². The quantitative estimate of drug-likeness (QED) is 0.186. The van der Waals surface area contributed by atoms with Gasteiger partial charge in [-0.1, -0.05) is 41.6 Å². The predicted octanol–water partition coefficient (Wildman–Crippen LogP) is 6.44. The van der Waals surface area contributed by atoms with Crippen LogP contribution in [0.25, 0.3) is 0 Å². The maximum atomic E-state index is 13.0. The number of halogens is 5. The summed E-state index contributed by atoms with van der Waals surface area (Å²) in [7, 11) is 0. The van der Waals surface area contributed by atoms with Crippen LogP contribution in [0.3, 0.4) is 0 Å². The number of rotatable bonds is 10. The van der Waals surface area contributed by atoms with Gasteiger partial charge in [-0.25, -0.2) is 4.39 Å². The zero-order valence-electron chi connectivity index (χ0n) is 17.6. The summed E-state index contributed by atoms with van der Waals surface area (Å²) < 4.78 is 53.6. The molecule has 1 aromatic heterocycles. The molecule has 180 valence electrons. The van der Waals surface area contributed by atoms with Crippen molar-refractivity contribution in [3.05, 3.63) is 82.9 Å². The molecule has 1 N–H and O–H groups in total. The smallest absolute Gasteiger partial charge is 0.324 e. The van der Waals surface area contributed by atoms with Crippen molar-refractivity contribution in [3.8, 4) is 0 Å². The van der Waals surface area contributed by atoms with Crippen LogP contribution in [0.4, 0.5) is 23.2 Å². The number of nitrogens with zero attached hydrogens (tertiary/aromatic N) is 3. The van der Waals surface area contributed by atoms with Crippen molar-refractivity contribution in [2.24, 2.45) is 0 Å². The van der Waals surface area contributed by atoms with E-state index in [1.54, 1.807) is 34.5 Å². The predicted molar refractivity (Wildman–Crippen MR) is 127 cm³/mol. The van der Waals surface area contributed by atoms with Crippen molar-refractivity contribution >= 4 is 46.7 Å². The summed E-state index contributed by atoms with van der Waals surface area (Å²) in [5, 5.41) is 11.2. The highest BCUT2D eigenvalue weighted by molar-refractivity contribution is 7.99. The fourth-order valence-corrected chi connectivity index (χ4v) is 4.66. The first-order valence-corrected chi connectivity index (χ1v) is 12.3. The largest absolute Gasteiger partial charge is 0.416 e. The lowest BCUT2D eigenvalue weighted by atomic mass is 10.2. The molecular weight excluding hydrogens is 512 g/mol. The second-order valence-corrected chi connectivity index (χ2v) is 9.28. The summed E-state index contributed by atoms with van der Waals surface area (Å²) in [4.78, 5) is 12.3. The van der Waals surface area contributed by atoms with E-state index in [4.69, 9.17) is 11.6 Å². The lowest BCUT2D eigenvalue weighted by Crippen LogP contribution is -2.16. The van der Waals surface area contributed by atoms with Crippen molar-refractivity contribution < 1.29 is 22.4 Å². The molecule has 0 aliphatic rings. The Kier molecular flexibility index (Phi) is 9.03. The van der Waals surface area contributed by atoms with E-state index in [2.05, 4.69) is 22.1 Å². The van der Waals surface area contributed by atoms with E-state index in [1.807, 2.05) is 0 Å². The number of allylic oxidation sites excluding steroid dienone is 1. The third kappa shape index (κ3) is 7.25. The van der Waals surface area contributed by atoms with Gasteiger partial charge < -0.3 is 9.88 Å². The Morgan fingerprint density at radius 3 is 2.56 bits per heavy atom. The fourth-order valence-electron chi connectivity index (χ4n) is 2.80. The van der Waals surface area contributed by atoms with E-state index in [0.717, 1.165) is 35.5 Å². The van der Waals surface area contributed by atoms with Crippen molar-refractivity contribution in [2.75, 3.05) is 11.1 Å². The highest BCUT2D eigenvalue weighted by Gasteiger charge is 2.31. The minimum atomic E-state index is -4.55. The van der Waals surface area contributed by atoms with Crippen LogP contribution in [0.1, 0.15) is 17.0 Å². The van der Waals surface area contributed by atoms with Crippen LogP contribution in [-0.4, -0.2) is 26.4 Å². The number of nitrogens with one attached hydrogen (secondary N) is 1. The van der Waals surface area contributed by atoms with Crippen molar-refractivity contribution in [2.45, 2.75) is 29.4 Å². The molecule has 0 bridgehead atoms. The standard InChI is InChI=1S/C22H19ClF4N4OS2/c1-2-9-31-19(12-33-11-14-3-6-16(24)7-4-14)29-30-21(31)34-13-20(32)28-18-10-15(22(25,26)27)5-8-17(18)23/h2-8,10H,1,9,11-13H2,(H,28,32). The van der Waals surface area contributed by atoms with Gasteiger partial charge >= 0.3 is 6.18 Å². The second kappa shape index (κ2) is 11.8. The monoisotopic (exact) mass is 530 g/mol. The van der Waals surface area contributed by atoms with Crippen LogP contribution in [0.5, 0.6) is 0 Å². The van der Waals surface area contributed by atoms with Gasteiger partial charge in [0.05, 0.1) is 27.8 Å². The molecule has 3 rings (SSSR count). The van der Waals surface area contributed by atoms with Gasteiger partial charge in [0, 0.05) is 12.3 Å². The van der Waals surface area contributed by atoms with Crippen molar-refractivity contribution in [1.29, 1.82) is 0 Å². The van der Waals surface area contributed by atoms with E-state index < -0.39 is 17.6 Å². The average Bonchev–Trinajstić information content (AvgIpc) is 3.16. The molecule has 0 saturated carbocycles. The number of anilines is 1. The van der Waals surface area contributed by atoms with Crippen LogP contribution in [0, 0.1) is 5.82 Å². The molecule has 1 heterocycles. The Morgan fingerprint density at radius 2 is 1.88 bits per heavy atom. The third-order valence-electron chi connectivity index (χ3n) is 4.42. The van der Waals surface area contributed by atoms with Crippen molar-refractivity contribution in [3.63, 3.8) is 0 Å². The number of carbonyl (C=O) groups is 1. The number of benzene rings is 2. The number of hydrogen-bond donors (Lipinski definition) is 1. The molecule has 0 atom stereocenters. The fraction of sp³-hybridized carbons (Fsp3) is 0.227. The summed E-state index contributed by atoms with van der Waals surface area (Å²) in [5.74, 6) is 0.933. The molecule has 0 spiro atoms. The topological polar surface area (TPSA) is 59.8 Å². The summed E-state index contributed by atoms with van der Waals surface area (Å²) in [6.45, 7) is 4.15. The zero-order chi connectivity index (χ0) is 24.7. The van der Waals surface area contributed by atoms with Gasteiger partial charge in [-0.05, 0) is 35.9 Å². The highest BCUT2D eigenvalue weighted by Crippen LogP contribution is 2.34. The van der Waals surface area contributed by atoms with Gasteiger partial charge in [0.25, 0.3) is 0 Å². The van der Waals surface area contributed by atoms with Gasteiger partial charge in [0.1, 0.15) is 11.6 Å². The van der Waals surface area contributed by atoms with Crippen LogP contribution < -0.4 is 5.32 Å². The zero-order valence-corrected chi connectivity index (χ0v) is 20.0. The number of alkyl halides is 3. The summed E-state index contributed by atoms with van der Waals surface area (Å²) in [6, 6.07) is 8.97. The van der Waals surface area contributed by atoms with Crippen LogP contribution >= 0.6 is 35.1 Å². The van der Waals surface area contributed by atoms with Crippen LogP contribution in [0.15, 0.2) is 60.3 Å².